The highest BCUT2D eigenvalue weighted by Gasteiger charge is 2.50. The first-order valence-electron chi connectivity index (χ1n) is 10.3. The van der Waals surface area contributed by atoms with Crippen LogP contribution in [0.1, 0.15) is 47.6 Å². The van der Waals surface area contributed by atoms with Gasteiger partial charge in [0.1, 0.15) is 5.82 Å². The maximum absolute atomic E-state index is 13.6. The molecule has 2 saturated heterocycles. The molecule has 0 bridgehead atoms. The number of halogens is 1. The number of amides is 2. The van der Waals surface area contributed by atoms with Crippen LogP contribution in [0.2, 0.25) is 0 Å². The van der Waals surface area contributed by atoms with Crippen molar-refractivity contribution in [3.05, 3.63) is 77.7 Å². The molecule has 0 aliphatic carbocycles. The molecule has 0 radical (unpaired) electrons. The van der Waals surface area contributed by atoms with Gasteiger partial charge in [-0.3, -0.25) is 14.6 Å². The molecule has 0 unspecified atom stereocenters. The molecule has 5 rings (SSSR count). The maximum Gasteiger partial charge on any atom is 0.254 e. The van der Waals surface area contributed by atoms with Gasteiger partial charge in [0.25, 0.3) is 5.91 Å². The molecule has 1 N–H and O–H groups in total. The second-order valence-electron chi connectivity index (χ2n) is 8.17. The molecule has 1 aromatic heterocycles. The summed E-state index contributed by atoms with van der Waals surface area (Å²) in [5, 5.41) is 4.07. The number of aromatic nitrogens is 1. The summed E-state index contributed by atoms with van der Waals surface area (Å²) in [7, 11) is 0. The first kappa shape index (κ1) is 18.7. The van der Waals surface area contributed by atoms with Crippen LogP contribution in [-0.2, 0) is 4.79 Å². The predicted octanol–water partition coefficient (Wildman–Crippen LogP) is 4.00. The minimum absolute atomic E-state index is 0.00758. The van der Waals surface area contributed by atoms with Crippen molar-refractivity contribution in [3.8, 4) is 0 Å². The molecular formula is C24H22FN3O2. The van der Waals surface area contributed by atoms with E-state index in [1.807, 2.05) is 29.2 Å². The summed E-state index contributed by atoms with van der Waals surface area (Å²) >= 11 is 0. The average molecular weight is 403 g/mol. The quantitative estimate of drug-likeness (QED) is 0.704. The fraction of sp³-hybridized carbons (Fsp3) is 0.292. The number of rotatable bonds is 2. The molecular weight excluding hydrogens is 381 g/mol. The average Bonchev–Trinajstić information content (AvgIpc) is 3.14. The van der Waals surface area contributed by atoms with E-state index in [4.69, 9.17) is 0 Å². The lowest BCUT2D eigenvalue weighted by Gasteiger charge is -2.48. The third kappa shape index (κ3) is 3.12. The van der Waals surface area contributed by atoms with Crippen LogP contribution in [0.15, 0.2) is 60.8 Å². The van der Waals surface area contributed by atoms with Crippen molar-refractivity contribution in [2.45, 2.75) is 37.3 Å². The molecule has 30 heavy (non-hydrogen) atoms. The Hall–Kier alpha value is -3.28. The Bertz CT molecular complexity index is 1130. The number of nitrogens with one attached hydrogen (secondary N) is 1. The predicted molar refractivity (Wildman–Crippen MR) is 111 cm³/mol. The number of benzene rings is 2. The zero-order valence-corrected chi connectivity index (χ0v) is 16.5. The van der Waals surface area contributed by atoms with E-state index in [2.05, 4.69) is 10.3 Å². The van der Waals surface area contributed by atoms with Crippen molar-refractivity contribution in [2.75, 3.05) is 6.54 Å². The van der Waals surface area contributed by atoms with Gasteiger partial charge in [-0.05, 0) is 61.2 Å². The standard InChI is InChI=1S/C24H22FN3O2/c25-19-7-4-16(5-8-19)22-24(12-10-21(29)27-24)11-2-14-28(22)23(30)18-6-9-20-17(15-18)3-1-13-26-20/h1,3-9,13,15,22H,2,10-12,14H2,(H,27,29)/t22-,24+/m1/s1. The largest absolute Gasteiger partial charge is 0.348 e. The van der Waals surface area contributed by atoms with Crippen molar-refractivity contribution < 1.29 is 14.0 Å². The molecule has 2 fully saturated rings. The van der Waals surface area contributed by atoms with Crippen molar-refractivity contribution in [1.82, 2.24) is 15.2 Å². The maximum atomic E-state index is 13.6. The molecule has 5 nitrogen and oxygen atoms in total. The van der Waals surface area contributed by atoms with Crippen LogP contribution < -0.4 is 5.32 Å². The summed E-state index contributed by atoms with van der Waals surface area (Å²) in [4.78, 5) is 32.0. The van der Waals surface area contributed by atoms with Gasteiger partial charge in [-0.25, -0.2) is 4.39 Å². The van der Waals surface area contributed by atoms with Crippen molar-refractivity contribution >= 4 is 22.7 Å². The van der Waals surface area contributed by atoms with Crippen LogP contribution in [0.4, 0.5) is 4.39 Å². The van der Waals surface area contributed by atoms with Crippen LogP contribution >= 0.6 is 0 Å². The molecule has 2 aliphatic heterocycles. The van der Waals surface area contributed by atoms with Gasteiger partial charge in [0.15, 0.2) is 0 Å². The molecule has 2 aliphatic rings. The Morgan fingerprint density at radius 3 is 2.73 bits per heavy atom. The lowest BCUT2D eigenvalue weighted by Crippen LogP contribution is -2.58. The van der Waals surface area contributed by atoms with E-state index in [9.17, 15) is 14.0 Å². The second-order valence-corrected chi connectivity index (χ2v) is 8.17. The molecule has 3 heterocycles. The van der Waals surface area contributed by atoms with E-state index in [1.54, 1.807) is 24.4 Å². The number of piperidine rings is 1. The lowest BCUT2D eigenvalue weighted by atomic mass is 9.76. The van der Waals surface area contributed by atoms with E-state index in [-0.39, 0.29) is 23.7 Å². The lowest BCUT2D eigenvalue weighted by molar-refractivity contribution is -0.120. The summed E-state index contributed by atoms with van der Waals surface area (Å²) in [6.07, 6.45) is 4.44. The van der Waals surface area contributed by atoms with E-state index in [0.717, 1.165) is 29.3 Å². The molecule has 2 amide bonds. The van der Waals surface area contributed by atoms with Gasteiger partial charge in [0.05, 0.1) is 17.1 Å². The number of pyridine rings is 1. The van der Waals surface area contributed by atoms with Crippen LogP contribution in [0.25, 0.3) is 10.9 Å². The van der Waals surface area contributed by atoms with E-state index >= 15 is 0 Å². The van der Waals surface area contributed by atoms with Gasteiger partial charge in [0, 0.05) is 30.1 Å². The summed E-state index contributed by atoms with van der Waals surface area (Å²) in [6.45, 7) is 0.587. The van der Waals surface area contributed by atoms with Gasteiger partial charge in [0.2, 0.25) is 5.91 Å². The smallest absolute Gasteiger partial charge is 0.254 e. The summed E-state index contributed by atoms with van der Waals surface area (Å²) in [5.41, 5.74) is 1.75. The zero-order valence-electron chi connectivity index (χ0n) is 16.5. The third-order valence-electron chi connectivity index (χ3n) is 6.34. The van der Waals surface area contributed by atoms with Crippen LogP contribution in [-0.4, -0.2) is 33.8 Å². The zero-order chi connectivity index (χ0) is 20.7. The van der Waals surface area contributed by atoms with E-state index in [0.29, 0.717) is 24.9 Å². The summed E-state index contributed by atoms with van der Waals surface area (Å²) in [6, 6.07) is 15.2. The number of hydrogen-bond acceptors (Lipinski definition) is 3. The molecule has 2 aromatic carbocycles. The molecule has 0 saturated carbocycles. The van der Waals surface area contributed by atoms with Gasteiger partial charge in [-0.15, -0.1) is 0 Å². The van der Waals surface area contributed by atoms with Crippen LogP contribution in [0.5, 0.6) is 0 Å². The first-order valence-corrected chi connectivity index (χ1v) is 10.3. The molecule has 3 aromatic rings. The Morgan fingerprint density at radius 1 is 1.13 bits per heavy atom. The molecule has 6 heteroatoms. The molecule has 2 atom stereocenters. The molecule has 1 spiro atoms. The SMILES string of the molecule is O=C1CC[C@]2(CCCN(C(=O)c3ccc4ncccc4c3)[C@@H]2c2ccc(F)cc2)N1. The monoisotopic (exact) mass is 403 g/mol. The number of nitrogens with zero attached hydrogens (tertiary/aromatic N) is 2. The summed E-state index contributed by atoms with van der Waals surface area (Å²) < 4.78 is 13.6. The van der Waals surface area contributed by atoms with Gasteiger partial charge >= 0.3 is 0 Å². The Morgan fingerprint density at radius 2 is 1.97 bits per heavy atom. The minimum Gasteiger partial charge on any atom is -0.348 e. The Labute approximate surface area is 173 Å². The Balaban J connectivity index is 1.57. The second kappa shape index (κ2) is 7.20. The topological polar surface area (TPSA) is 62.3 Å². The van der Waals surface area contributed by atoms with Crippen LogP contribution in [0, 0.1) is 5.82 Å². The fourth-order valence-corrected chi connectivity index (χ4v) is 5.00. The third-order valence-corrected chi connectivity index (χ3v) is 6.34. The fourth-order valence-electron chi connectivity index (χ4n) is 5.00. The van der Waals surface area contributed by atoms with E-state index < -0.39 is 5.54 Å². The number of carbonyl (C=O) groups is 2. The number of carbonyl (C=O) groups excluding carboxylic acids is 2. The van der Waals surface area contributed by atoms with Crippen molar-refractivity contribution in [2.24, 2.45) is 0 Å². The van der Waals surface area contributed by atoms with E-state index in [1.165, 1.54) is 12.1 Å². The Kier molecular flexibility index (Phi) is 4.50. The van der Waals surface area contributed by atoms with Crippen molar-refractivity contribution in [3.63, 3.8) is 0 Å². The highest BCUT2D eigenvalue weighted by atomic mass is 19.1. The van der Waals surface area contributed by atoms with Gasteiger partial charge < -0.3 is 10.2 Å². The number of likely N-dealkylation sites (tertiary alicyclic amines) is 1. The minimum atomic E-state index is -0.513. The summed E-state index contributed by atoms with van der Waals surface area (Å²) in [5.74, 6) is -0.400. The number of fused-ring (bicyclic) bond motifs is 1. The molecule has 152 valence electrons. The van der Waals surface area contributed by atoms with Gasteiger partial charge in [-0.1, -0.05) is 18.2 Å². The van der Waals surface area contributed by atoms with Crippen LogP contribution in [0.3, 0.4) is 0 Å². The number of hydrogen-bond donors (Lipinski definition) is 1. The highest BCUT2D eigenvalue weighted by molar-refractivity contribution is 5.98. The first-order chi connectivity index (χ1) is 14.6. The normalized spacial score (nSPS) is 23.7. The highest BCUT2D eigenvalue weighted by Crippen LogP contribution is 2.45. The van der Waals surface area contributed by atoms with Crippen molar-refractivity contribution in [1.29, 1.82) is 0 Å². The van der Waals surface area contributed by atoms with Gasteiger partial charge in [-0.2, -0.15) is 0 Å².